The third-order valence-corrected chi connectivity index (χ3v) is 9.97. The molecule has 1 fully saturated rings. The fourth-order valence-electron chi connectivity index (χ4n) is 7.08. The van der Waals surface area contributed by atoms with Crippen molar-refractivity contribution in [2.24, 2.45) is 11.8 Å². The third kappa shape index (κ3) is 8.47. The third-order valence-electron chi connectivity index (χ3n) is 9.97. The van der Waals surface area contributed by atoms with E-state index in [-0.39, 0.29) is 24.1 Å². The Morgan fingerprint density at radius 3 is 2.53 bits per heavy atom. The standard InChI is InChI=1S/C37H55N5O3/c1-8-29(9-2)22-25(3)14-17-38-18-21-41-19-15-30(16-20-41)27(5)42-28(6)35(31-12-10-11-13-33(31)42)37(44)39-24-32-34(45-7)23-26(4)40-36(32)43/h10-13,23,27,29-30,38H,3,8-9,14-22,24H2,1-2,4-7H3,(H,39,44)(H,40,43)/t27-/m1/s1. The molecule has 1 aromatic carbocycles. The number of piperidine rings is 1. The molecular formula is C37H55N5O3. The molecule has 1 aliphatic rings. The second-order valence-corrected chi connectivity index (χ2v) is 12.9. The number of ether oxygens (including phenoxy) is 1. The van der Waals surface area contributed by atoms with E-state index in [4.69, 9.17) is 4.74 Å². The maximum absolute atomic E-state index is 13.6. The summed E-state index contributed by atoms with van der Waals surface area (Å²) in [5, 5.41) is 7.57. The van der Waals surface area contributed by atoms with E-state index in [1.807, 2.05) is 32.0 Å². The molecule has 0 aliphatic carbocycles. The average molecular weight is 618 g/mol. The second kappa shape index (κ2) is 16.3. The zero-order chi connectivity index (χ0) is 32.5. The van der Waals surface area contributed by atoms with Crippen molar-refractivity contribution in [3.8, 4) is 5.75 Å². The number of benzene rings is 1. The highest BCUT2D eigenvalue weighted by Gasteiger charge is 2.29. The van der Waals surface area contributed by atoms with Crippen molar-refractivity contribution < 1.29 is 9.53 Å². The first-order valence-electron chi connectivity index (χ1n) is 16.9. The minimum absolute atomic E-state index is 0.0897. The Kier molecular flexibility index (Phi) is 12.5. The van der Waals surface area contributed by atoms with Crippen LogP contribution in [-0.4, -0.2) is 60.2 Å². The molecule has 8 heteroatoms. The quantitative estimate of drug-likeness (QED) is 0.126. The summed E-state index contributed by atoms with van der Waals surface area (Å²) in [5.74, 6) is 1.60. The zero-order valence-corrected chi connectivity index (χ0v) is 28.4. The van der Waals surface area contributed by atoms with Gasteiger partial charge in [0.15, 0.2) is 0 Å². The number of carbonyl (C=O) groups is 1. The van der Waals surface area contributed by atoms with Gasteiger partial charge in [-0.05, 0) is 90.1 Å². The maximum atomic E-state index is 13.6. The van der Waals surface area contributed by atoms with Crippen molar-refractivity contribution in [1.82, 2.24) is 25.1 Å². The lowest BCUT2D eigenvalue weighted by Crippen LogP contribution is -2.40. The first kappa shape index (κ1) is 34.5. The van der Waals surface area contributed by atoms with Crippen LogP contribution in [0, 0.1) is 25.7 Å². The molecule has 1 saturated heterocycles. The maximum Gasteiger partial charge on any atom is 0.256 e. The van der Waals surface area contributed by atoms with Crippen molar-refractivity contribution in [2.75, 3.05) is 39.8 Å². The number of rotatable bonds is 16. The van der Waals surface area contributed by atoms with Gasteiger partial charge in [0.1, 0.15) is 5.75 Å². The van der Waals surface area contributed by atoms with E-state index in [0.717, 1.165) is 80.9 Å². The summed E-state index contributed by atoms with van der Waals surface area (Å²) in [6.07, 6.45) is 6.98. The summed E-state index contributed by atoms with van der Waals surface area (Å²) in [5.41, 5.74) is 4.97. The van der Waals surface area contributed by atoms with Gasteiger partial charge in [-0.3, -0.25) is 9.59 Å². The Labute approximate surface area is 269 Å². The number of H-pyrrole nitrogens is 1. The van der Waals surface area contributed by atoms with Crippen LogP contribution in [0.4, 0.5) is 0 Å². The highest BCUT2D eigenvalue weighted by molar-refractivity contribution is 6.08. The second-order valence-electron chi connectivity index (χ2n) is 12.9. The summed E-state index contributed by atoms with van der Waals surface area (Å²) < 4.78 is 7.78. The molecule has 8 nitrogen and oxygen atoms in total. The normalized spacial score (nSPS) is 15.1. The number of amides is 1. The van der Waals surface area contributed by atoms with Gasteiger partial charge in [0.2, 0.25) is 0 Å². The average Bonchev–Trinajstić information content (AvgIpc) is 3.33. The Balaban J connectivity index is 1.34. The summed E-state index contributed by atoms with van der Waals surface area (Å²) in [6.45, 7) is 20.4. The van der Waals surface area contributed by atoms with Gasteiger partial charge in [0.25, 0.3) is 11.5 Å². The van der Waals surface area contributed by atoms with E-state index in [1.54, 1.807) is 6.07 Å². The van der Waals surface area contributed by atoms with Crippen molar-refractivity contribution in [2.45, 2.75) is 85.7 Å². The predicted molar refractivity (Wildman–Crippen MR) is 185 cm³/mol. The van der Waals surface area contributed by atoms with Gasteiger partial charge in [-0.25, -0.2) is 0 Å². The van der Waals surface area contributed by atoms with Gasteiger partial charge in [-0.15, -0.1) is 0 Å². The Morgan fingerprint density at radius 2 is 1.84 bits per heavy atom. The van der Waals surface area contributed by atoms with E-state index in [9.17, 15) is 9.59 Å². The molecule has 3 heterocycles. The van der Waals surface area contributed by atoms with Crippen LogP contribution in [0.1, 0.15) is 92.6 Å². The Morgan fingerprint density at radius 1 is 1.13 bits per heavy atom. The molecule has 1 aliphatic heterocycles. The lowest BCUT2D eigenvalue weighted by atomic mass is 9.90. The van der Waals surface area contributed by atoms with E-state index >= 15 is 0 Å². The number of aromatic amines is 1. The Hall–Kier alpha value is -3.36. The smallest absolute Gasteiger partial charge is 0.256 e. The molecule has 3 N–H and O–H groups in total. The molecule has 0 unspecified atom stereocenters. The van der Waals surface area contributed by atoms with Gasteiger partial charge in [-0.2, -0.15) is 0 Å². The number of nitrogens with one attached hydrogen (secondary N) is 3. The van der Waals surface area contributed by atoms with Crippen LogP contribution in [-0.2, 0) is 6.54 Å². The number of para-hydroxylation sites is 1. The number of aryl methyl sites for hydroxylation is 1. The minimum Gasteiger partial charge on any atom is -0.496 e. The molecular weight excluding hydrogens is 562 g/mol. The van der Waals surface area contributed by atoms with Crippen LogP contribution >= 0.6 is 0 Å². The Bertz CT molecular complexity index is 1490. The molecule has 246 valence electrons. The first-order chi connectivity index (χ1) is 21.7. The lowest BCUT2D eigenvalue weighted by molar-refractivity contribution is 0.0951. The highest BCUT2D eigenvalue weighted by Crippen LogP contribution is 2.35. The first-order valence-corrected chi connectivity index (χ1v) is 16.9. The molecule has 45 heavy (non-hydrogen) atoms. The zero-order valence-electron chi connectivity index (χ0n) is 28.4. The molecule has 3 aromatic rings. The molecule has 0 spiro atoms. The van der Waals surface area contributed by atoms with E-state index in [1.165, 1.54) is 25.5 Å². The van der Waals surface area contributed by atoms with Crippen LogP contribution in [0.15, 0.2) is 47.3 Å². The minimum atomic E-state index is -0.250. The molecule has 1 atom stereocenters. The van der Waals surface area contributed by atoms with Crippen LogP contribution in [0.3, 0.4) is 0 Å². The summed E-state index contributed by atoms with van der Waals surface area (Å²) in [4.78, 5) is 31.6. The van der Waals surface area contributed by atoms with Crippen LogP contribution < -0.4 is 20.9 Å². The number of methoxy groups -OCH3 is 1. The number of hydrogen-bond donors (Lipinski definition) is 3. The molecule has 2 aromatic heterocycles. The highest BCUT2D eigenvalue weighted by atomic mass is 16.5. The largest absolute Gasteiger partial charge is 0.496 e. The predicted octanol–water partition coefficient (Wildman–Crippen LogP) is 6.52. The van der Waals surface area contributed by atoms with Crippen LogP contribution in [0.5, 0.6) is 5.75 Å². The van der Waals surface area contributed by atoms with Gasteiger partial charge in [-0.1, -0.05) is 57.0 Å². The fraction of sp³-hybridized carbons (Fsp3) is 0.568. The summed E-state index contributed by atoms with van der Waals surface area (Å²) in [6, 6.07) is 10.2. The molecule has 0 saturated carbocycles. The van der Waals surface area contributed by atoms with Crippen molar-refractivity contribution in [3.05, 3.63) is 75.4 Å². The summed E-state index contributed by atoms with van der Waals surface area (Å²) >= 11 is 0. The number of carbonyl (C=O) groups excluding carboxylic acids is 1. The van der Waals surface area contributed by atoms with E-state index in [0.29, 0.717) is 28.5 Å². The van der Waals surface area contributed by atoms with Crippen molar-refractivity contribution >= 4 is 16.8 Å². The number of aromatic nitrogens is 2. The SMILES string of the molecule is C=C(CCNCCN1CCC([C@@H](C)n2c(C)c(C(=O)NCc3c(OC)cc(C)[nH]c3=O)c3ccccc32)CC1)CC(CC)CC. The van der Waals surface area contributed by atoms with Crippen molar-refractivity contribution in [1.29, 1.82) is 0 Å². The van der Waals surface area contributed by atoms with Gasteiger partial charge in [0, 0.05) is 41.4 Å². The monoisotopic (exact) mass is 617 g/mol. The number of fused-ring (bicyclic) bond motifs is 1. The van der Waals surface area contributed by atoms with E-state index < -0.39 is 0 Å². The van der Waals surface area contributed by atoms with Gasteiger partial charge in [0.05, 0.1) is 24.8 Å². The van der Waals surface area contributed by atoms with Crippen LogP contribution in [0.2, 0.25) is 0 Å². The van der Waals surface area contributed by atoms with Crippen molar-refractivity contribution in [3.63, 3.8) is 0 Å². The number of hydrogen-bond acceptors (Lipinski definition) is 5. The van der Waals surface area contributed by atoms with Crippen LogP contribution in [0.25, 0.3) is 10.9 Å². The van der Waals surface area contributed by atoms with Gasteiger partial charge < -0.3 is 29.8 Å². The fourth-order valence-corrected chi connectivity index (χ4v) is 7.08. The molecule has 1 amide bonds. The summed E-state index contributed by atoms with van der Waals surface area (Å²) in [7, 11) is 1.54. The number of nitrogens with zero attached hydrogens (tertiary/aromatic N) is 2. The number of likely N-dealkylation sites (tertiary alicyclic amines) is 1. The number of pyridine rings is 1. The lowest BCUT2D eigenvalue weighted by Gasteiger charge is -2.36. The van der Waals surface area contributed by atoms with Gasteiger partial charge >= 0.3 is 0 Å². The van der Waals surface area contributed by atoms with E-state index in [2.05, 4.69) is 58.5 Å². The molecule has 0 bridgehead atoms. The molecule has 4 rings (SSSR count). The topological polar surface area (TPSA) is 91.4 Å². The molecule has 0 radical (unpaired) electrons.